The number of benzene rings is 1. The number of halogens is 1. The van der Waals surface area contributed by atoms with E-state index >= 15 is 0 Å². The highest BCUT2D eigenvalue weighted by Crippen LogP contribution is 2.20. The molecule has 0 radical (unpaired) electrons. The van der Waals surface area contributed by atoms with Crippen LogP contribution in [-0.4, -0.2) is 4.98 Å². The molecule has 2 rings (SSSR count). The first-order valence-electron chi connectivity index (χ1n) is 5.66. The summed E-state index contributed by atoms with van der Waals surface area (Å²) >= 11 is 3.37. The lowest BCUT2D eigenvalue weighted by atomic mass is 10.0. The van der Waals surface area contributed by atoms with Crippen molar-refractivity contribution in [1.29, 1.82) is 0 Å². The summed E-state index contributed by atoms with van der Waals surface area (Å²) in [5, 5.41) is 0. The summed E-state index contributed by atoms with van der Waals surface area (Å²) in [5.41, 5.74) is 9.51. The first-order chi connectivity index (χ1) is 8.20. The molecule has 1 heterocycles. The van der Waals surface area contributed by atoms with E-state index in [1.165, 1.54) is 5.56 Å². The molecule has 0 saturated heterocycles. The second-order valence-corrected chi connectivity index (χ2v) is 4.89. The van der Waals surface area contributed by atoms with Crippen molar-refractivity contribution in [2.45, 2.75) is 19.4 Å². The average Bonchev–Trinajstić information content (AvgIpc) is 2.39. The van der Waals surface area contributed by atoms with E-state index in [9.17, 15) is 0 Å². The molecule has 17 heavy (non-hydrogen) atoms. The summed E-state index contributed by atoms with van der Waals surface area (Å²) in [6.07, 6.45) is 2.80. The van der Waals surface area contributed by atoms with Gasteiger partial charge in [0.15, 0.2) is 0 Å². The van der Waals surface area contributed by atoms with Gasteiger partial charge >= 0.3 is 0 Å². The molecule has 0 aliphatic carbocycles. The third-order valence-electron chi connectivity index (χ3n) is 2.79. The van der Waals surface area contributed by atoms with Gasteiger partial charge in [-0.05, 0) is 45.6 Å². The number of rotatable bonds is 3. The molecule has 88 valence electrons. The van der Waals surface area contributed by atoms with Crippen LogP contribution in [0.5, 0.6) is 0 Å². The zero-order valence-electron chi connectivity index (χ0n) is 9.73. The van der Waals surface area contributed by atoms with E-state index in [1.807, 2.05) is 24.3 Å². The van der Waals surface area contributed by atoms with Crippen molar-refractivity contribution < 1.29 is 0 Å². The molecular weight excluding hydrogens is 276 g/mol. The van der Waals surface area contributed by atoms with Crippen molar-refractivity contribution >= 4 is 15.9 Å². The Morgan fingerprint density at radius 3 is 2.76 bits per heavy atom. The van der Waals surface area contributed by atoms with Gasteiger partial charge < -0.3 is 5.73 Å². The topological polar surface area (TPSA) is 38.9 Å². The fourth-order valence-electron chi connectivity index (χ4n) is 1.75. The van der Waals surface area contributed by atoms with Crippen LogP contribution in [0.15, 0.2) is 47.1 Å². The maximum Gasteiger partial charge on any atom is 0.0726 e. The van der Waals surface area contributed by atoms with Gasteiger partial charge in [0.1, 0.15) is 0 Å². The van der Waals surface area contributed by atoms with Crippen LogP contribution in [0, 0.1) is 0 Å². The van der Waals surface area contributed by atoms with Gasteiger partial charge in [-0.1, -0.05) is 31.2 Å². The number of aryl methyl sites for hydroxylation is 1. The fraction of sp³-hybridized carbons (Fsp3) is 0.214. The van der Waals surface area contributed by atoms with E-state index < -0.39 is 0 Å². The quantitative estimate of drug-likeness (QED) is 0.940. The number of hydrogen-bond acceptors (Lipinski definition) is 2. The lowest BCUT2D eigenvalue weighted by Gasteiger charge is -2.12. The highest BCUT2D eigenvalue weighted by Gasteiger charge is 2.10. The highest BCUT2D eigenvalue weighted by atomic mass is 79.9. The van der Waals surface area contributed by atoms with Crippen molar-refractivity contribution in [3.63, 3.8) is 0 Å². The van der Waals surface area contributed by atoms with E-state index in [2.05, 4.69) is 40.0 Å². The predicted molar refractivity (Wildman–Crippen MR) is 73.8 cm³/mol. The Labute approximate surface area is 110 Å². The minimum absolute atomic E-state index is 0.158. The van der Waals surface area contributed by atoms with Crippen molar-refractivity contribution in [2.24, 2.45) is 5.73 Å². The third-order valence-corrected chi connectivity index (χ3v) is 3.26. The standard InChI is InChI=1S/C14H15BrN2/c1-2-10-4-3-5-11(8-10)14(16)13-7-6-12(15)9-17-13/h3-9,14H,2,16H2,1H3. The van der Waals surface area contributed by atoms with Gasteiger partial charge in [0, 0.05) is 10.7 Å². The first kappa shape index (κ1) is 12.3. The highest BCUT2D eigenvalue weighted by molar-refractivity contribution is 9.10. The van der Waals surface area contributed by atoms with Gasteiger partial charge in [-0.3, -0.25) is 4.98 Å². The molecule has 0 spiro atoms. The lowest BCUT2D eigenvalue weighted by Crippen LogP contribution is -2.13. The lowest BCUT2D eigenvalue weighted by molar-refractivity contribution is 0.825. The van der Waals surface area contributed by atoms with Crippen LogP contribution in [-0.2, 0) is 6.42 Å². The molecule has 3 heteroatoms. The van der Waals surface area contributed by atoms with Crippen LogP contribution in [0.4, 0.5) is 0 Å². The summed E-state index contributed by atoms with van der Waals surface area (Å²) in [6.45, 7) is 2.14. The Bertz CT molecular complexity index is 494. The summed E-state index contributed by atoms with van der Waals surface area (Å²) < 4.78 is 0.968. The minimum Gasteiger partial charge on any atom is -0.319 e. The maximum atomic E-state index is 6.21. The molecule has 2 aromatic rings. The average molecular weight is 291 g/mol. The monoisotopic (exact) mass is 290 g/mol. The van der Waals surface area contributed by atoms with Gasteiger partial charge in [0.05, 0.1) is 11.7 Å². The normalized spacial score (nSPS) is 12.4. The molecule has 0 aliphatic heterocycles. The Hall–Kier alpha value is -1.19. The molecule has 0 bridgehead atoms. The Kier molecular flexibility index (Phi) is 3.92. The van der Waals surface area contributed by atoms with Gasteiger partial charge in [0.2, 0.25) is 0 Å². The van der Waals surface area contributed by atoms with Crippen molar-refractivity contribution in [3.8, 4) is 0 Å². The van der Waals surface area contributed by atoms with Crippen LogP contribution < -0.4 is 5.73 Å². The zero-order chi connectivity index (χ0) is 12.3. The van der Waals surface area contributed by atoms with Crippen LogP contribution in [0.1, 0.15) is 29.8 Å². The molecule has 0 fully saturated rings. The number of hydrogen-bond donors (Lipinski definition) is 1. The van der Waals surface area contributed by atoms with Crippen molar-refractivity contribution in [1.82, 2.24) is 4.98 Å². The smallest absolute Gasteiger partial charge is 0.0726 e. The van der Waals surface area contributed by atoms with E-state index in [-0.39, 0.29) is 6.04 Å². The van der Waals surface area contributed by atoms with E-state index in [0.29, 0.717) is 0 Å². The molecular formula is C14H15BrN2. The molecule has 0 aliphatic rings. The summed E-state index contributed by atoms with van der Waals surface area (Å²) in [5.74, 6) is 0. The first-order valence-corrected chi connectivity index (χ1v) is 6.46. The summed E-state index contributed by atoms with van der Waals surface area (Å²) in [7, 11) is 0. The van der Waals surface area contributed by atoms with Crippen LogP contribution >= 0.6 is 15.9 Å². The molecule has 1 unspecified atom stereocenters. The number of aromatic nitrogens is 1. The zero-order valence-corrected chi connectivity index (χ0v) is 11.3. The molecule has 1 atom stereocenters. The summed E-state index contributed by atoms with van der Waals surface area (Å²) in [6, 6.07) is 12.1. The van der Waals surface area contributed by atoms with Gasteiger partial charge in [-0.25, -0.2) is 0 Å². The van der Waals surface area contributed by atoms with Crippen LogP contribution in [0.25, 0.3) is 0 Å². The Morgan fingerprint density at radius 1 is 1.29 bits per heavy atom. The van der Waals surface area contributed by atoms with Gasteiger partial charge in [0.25, 0.3) is 0 Å². The van der Waals surface area contributed by atoms with Crippen LogP contribution in [0.3, 0.4) is 0 Å². The van der Waals surface area contributed by atoms with E-state index in [4.69, 9.17) is 5.73 Å². The Morgan fingerprint density at radius 2 is 2.12 bits per heavy atom. The maximum absolute atomic E-state index is 6.21. The minimum atomic E-state index is -0.158. The number of nitrogens with two attached hydrogens (primary N) is 1. The van der Waals surface area contributed by atoms with Crippen molar-refractivity contribution in [3.05, 3.63) is 63.9 Å². The molecule has 0 saturated carbocycles. The van der Waals surface area contributed by atoms with E-state index in [1.54, 1.807) is 6.20 Å². The Balaban J connectivity index is 2.29. The molecule has 2 N–H and O–H groups in total. The van der Waals surface area contributed by atoms with Gasteiger partial charge in [-0.15, -0.1) is 0 Å². The van der Waals surface area contributed by atoms with Gasteiger partial charge in [-0.2, -0.15) is 0 Å². The molecule has 0 amide bonds. The number of nitrogens with zero attached hydrogens (tertiary/aromatic N) is 1. The molecule has 1 aromatic heterocycles. The number of pyridine rings is 1. The largest absolute Gasteiger partial charge is 0.319 e. The molecule has 1 aromatic carbocycles. The second kappa shape index (κ2) is 5.43. The van der Waals surface area contributed by atoms with Crippen molar-refractivity contribution in [2.75, 3.05) is 0 Å². The third kappa shape index (κ3) is 2.93. The molecule has 2 nitrogen and oxygen atoms in total. The van der Waals surface area contributed by atoms with Crippen LogP contribution in [0.2, 0.25) is 0 Å². The fourth-order valence-corrected chi connectivity index (χ4v) is 1.98. The summed E-state index contributed by atoms with van der Waals surface area (Å²) in [4.78, 5) is 4.34. The predicted octanol–water partition coefficient (Wildman–Crippen LogP) is 3.45. The van der Waals surface area contributed by atoms with E-state index in [0.717, 1.165) is 22.2 Å². The second-order valence-electron chi connectivity index (χ2n) is 3.98. The SMILES string of the molecule is CCc1cccc(C(N)c2ccc(Br)cn2)c1.